The third-order valence-corrected chi connectivity index (χ3v) is 3.82. The fourth-order valence-electron chi connectivity index (χ4n) is 3.08. The van der Waals surface area contributed by atoms with Gasteiger partial charge in [0.15, 0.2) is 0 Å². The van der Waals surface area contributed by atoms with E-state index in [9.17, 15) is 0 Å². The molecule has 0 bridgehead atoms. The Kier molecular flexibility index (Phi) is 2.24. The Balaban J connectivity index is 2.23. The molecule has 0 aromatic heterocycles. The van der Waals surface area contributed by atoms with Crippen LogP contribution in [0.3, 0.4) is 0 Å². The number of benzene rings is 1. The molecule has 1 aliphatic heterocycles. The van der Waals surface area contributed by atoms with Gasteiger partial charge in [0, 0.05) is 6.07 Å². The van der Waals surface area contributed by atoms with Crippen LogP contribution < -0.4 is 4.74 Å². The lowest BCUT2D eigenvalue weighted by Gasteiger charge is -2.28. The summed E-state index contributed by atoms with van der Waals surface area (Å²) in [6.45, 7) is 6.52. The van der Waals surface area contributed by atoms with Gasteiger partial charge in [-0.3, -0.25) is 4.99 Å². The molecule has 1 aliphatic carbocycles. The average molecular weight is 239 g/mol. The first-order valence-electron chi connectivity index (χ1n) is 6.20. The van der Waals surface area contributed by atoms with Gasteiger partial charge in [-0.15, -0.1) is 0 Å². The summed E-state index contributed by atoms with van der Waals surface area (Å²) in [5.41, 5.74) is 5.95. The molecular weight excluding hydrogens is 222 g/mol. The third kappa shape index (κ3) is 1.38. The maximum absolute atomic E-state index is 5.27. The molecule has 0 spiro atoms. The van der Waals surface area contributed by atoms with Crippen LogP contribution in [-0.2, 0) is 5.41 Å². The summed E-state index contributed by atoms with van der Waals surface area (Å²) in [7, 11) is 1.69. The molecule has 1 aromatic carbocycles. The summed E-state index contributed by atoms with van der Waals surface area (Å²) in [4.78, 5) is 4.79. The van der Waals surface area contributed by atoms with E-state index in [1.165, 1.54) is 16.7 Å². The molecule has 2 heteroatoms. The number of allylic oxidation sites excluding steroid dienone is 4. The fourth-order valence-corrected chi connectivity index (χ4v) is 3.08. The van der Waals surface area contributed by atoms with Crippen molar-refractivity contribution in [1.82, 2.24) is 0 Å². The minimum absolute atomic E-state index is 0.0788. The predicted octanol–water partition coefficient (Wildman–Crippen LogP) is 3.95. The molecule has 3 rings (SSSR count). The highest BCUT2D eigenvalue weighted by Gasteiger charge is 2.39. The summed E-state index contributed by atoms with van der Waals surface area (Å²) < 4.78 is 5.27. The van der Waals surface area contributed by atoms with Crippen LogP contribution in [0.5, 0.6) is 5.75 Å². The minimum atomic E-state index is -0.0788. The van der Waals surface area contributed by atoms with Crippen LogP contribution in [0.1, 0.15) is 26.3 Å². The molecule has 0 radical (unpaired) electrons. The predicted molar refractivity (Wildman–Crippen MR) is 75.0 cm³/mol. The third-order valence-electron chi connectivity index (χ3n) is 3.82. The van der Waals surface area contributed by atoms with Gasteiger partial charge in [-0.25, -0.2) is 0 Å². The molecule has 0 fully saturated rings. The van der Waals surface area contributed by atoms with Crippen molar-refractivity contribution in [2.24, 2.45) is 4.99 Å². The van der Waals surface area contributed by atoms with Crippen LogP contribution in [-0.4, -0.2) is 12.8 Å². The van der Waals surface area contributed by atoms with E-state index in [1.54, 1.807) is 7.11 Å². The molecule has 1 aromatic rings. The maximum Gasteiger partial charge on any atom is 0.121 e. The molecule has 2 aliphatic rings. The largest absolute Gasteiger partial charge is 0.497 e. The lowest BCUT2D eigenvalue weighted by molar-refractivity contribution is 0.415. The zero-order chi connectivity index (χ0) is 12.9. The van der Waals surface area contributed by atoms with E-state index in [1.807, 2.05) is 12.1 Å². The standard InChI is InChI=1S/C16H17NO/c1-10-7-11(2)15-16(3,9-10)13-6-5-12(18-4)8-14(13)17-15/h5-9H,1-4H3. The molecule has 0 saturated carbocycles. The zero-order valence-corrected chi connectivity index (χ0v) is 11.2. The van der Waals surface area contributed by atoms with Gasteiger partial charge in [0.05, 0.1) is 23.9 Å². The molecule has 0 N–H and O–H groups in total. The Morgan fingerprint density at radius 3 is 2.72 bits per heavy atom. The highest BCUT2D eigenvalue weighted by molar-refractivity contribution is 6.14. The van der Waals surface area contributed by atoms with E-state index in [0.29, 0.717) is 0 Å². The van der Waals surface area contributed by atoms with Gasteiger partial charge in [-0.05, 0) is 38.0 Å². The Bertz CT molecular complexity index is 622. The van der Waals surface area contributed by atoms with Crippen molar-refractivity contribution in [2.75, 3.05) is 7.11 Å². The lowest BCUT2D eigenvalue weighted by Crippen LogP contribution is -2.30. The number of methoxy groups -OCH3 is 1. The van der Waals surface area contributed by atoms with E-state index in [0.717, 1.165) is 17.1 Å². The quantitative estimate of drug-likeness (QED) is 0.727. The summed E-state index contributed by atoms with van der Waals surface area (Å²) in [6, 6.07) is 6.16. The second kappa shape index (κ2) is 3.58. The number of aliphatic imine (C=N–C) groups is 1. The number of rotatable bonds is 1. The summed E-state index contributed by atoms with van der Waals surface area (Å²) in [5.74, 6) is 0.864. The van der Waals surface area contributed by atoms with Gasteiger partial charge in [-0.2, -0.15) is 0 Å². The van der Waals surface area contributed by atoms with Crippen molar-refractivity contribution < 1.29 is 4.74 Å². The second-order valence-electron chi connectivity index (χ2n) is 5.26. The summed E-state index contributed by atoms with van der Waals surface area (Å²) >= 11 is 0. The second-order valence-corrected chi connectivity index (χ2v) is 5.26. The van der Waals surface area contributed by atoms with Gasteiger partial charge in [0.1, 0.15) is 5.75 Å². The number of nitrogens with zero attached hydrogens (tertiary/aromatic N) is 1. The van der Waals surface area contributed by atoms with Crippen molar-refractivity contribution in [3.8, 4) is 5.75 Å². The van der Waals surface area contributed by atoms with Crippen LogP contribution >= 0.6 is 0 Å². The van der Waals surface area contributed by atoms with Crippen molar-refractivity contribution in [3.05, 3.63) is 47.1 Å². The highest BCUT2D eigenvalue weighted by atomic mass is 16.5. The highest BCUT2D eigenvalue weighted by Crippen LogP contribution is 2.46. The Labute approximate surface area is 108 Å². The molecule has 2 nitrogen and oxygen atoms in total. The molecular formula is C16H17NO. The van der Waals surface area contributed by atoms with Crippen LogP contribution in [0, 0.1) is 0 Å². The number of hydrogen-bond acceptors (Lipinski definition) is 2. The van der Waals surface area contributed by atoms with Crippen LogP contribution in [0.25, 0.3) is 0 Å². The van der Waals surface area contributed by atoms with E-state index in [4.69, 9.17) is 9.73 Å². The average Bonchev–Trinajstić information content (AvgIpc) is 2.61. The van der Waals surface area contributed by atoms with Gasteiger partial charge < -0.3 is 4.74 Å². The van der Waals surface area contributed by atoms with E-state index in [-0.39, 0.29) is 5.41 Å². The zero-order valence-electron chi connectivity index (χ0n) is 11.2. The first-order valence-corrected chi connectivity index (χ1v) is 6.20. The smallest absolute Gasteiger partial charge is 0.121 e. The van der Waals surface area contributed by atoms with Gasteiger partial charge in [0.25, 0.3) is 0 Å². The molecule has 1 unspecified atom stereocenters. The first kappa shape index (κ1) is 11.3. The fraction of sp³-hybridized carbons (Fsp3) is 0.312. The van der Waals surface area contributed by atoms with Crippen LogP contribution in [0.2, 0.25) is 0 Å². The number of hydrogen-bond donors (Lipinski definition) is 0. The van der Waals surface area contributed by atoms with Crippen LogP contribution in [0.4, 0.5) is 5.69 Å². The lowest BCUT2D eigenvalue weighted by atomic mass is 9.73. The van der Waals surface area contributed by atoms with Crippen molar-refractivity contribution in [1.29, 1.82) is 0 Å². The molecule has 1 atom stereocenters. The number of ether oxygens (including phenoxy) is 1. The summed E-state index contributed by atoms with van der Waals surface area (Å²) in [6.07, 6.45) is 4.50. The molecule has 1 heterocycles. The normalized spacial score (nSPS) is 24.8. The SMILES string of the molecule is COc1ccc2c(c1)N=C1C(C)=CC(C)=CC12C. The summed E-state index contributed by atoms with van der Waals surface area (Å²) in [5, 5.41) is 0. The van der Waals surface area contributed by atoms with E-state index < -0.39 is 0 Å². The molecule has 0 amide bonds. The Morgan fingerprint density at radius 2 is 2.00 bits per heavy atom. The van der Waals surface area contributed by atoms with Gasteiger partial charge in [0.2, 0.25) is 0 Å². The first-order chi connectivity index (χ1) is 8.54. The van der Waals surface area contributed by atoms with Gasteiger partial charge >= 0.3 is 0 Å². The van der Waals surface area contributed by atoms with Crippen LogP contribution in [0.15, 0.2) is 46.5 Å². The molecule has 0 saturated heterocycles. The van der Waals surface area contributed by atoms with E-state index in [2.05, 4.69) is 39.0 Å². The topological polar surface area (TPSA) is 21.6 Å². The van der Waals surface area contributed by atoms with Gasteiger partial charge in [-0.1, -0.05) is 23.8 Å². The Hall–Kier alpha value is -1.83. The molecule has 18 heavy (non-hydrogen) atoms. The monoisotopic (exact) mass is 239 g/mol. The van der Waals surface area contributed by atoms with Crippen molar-refractivity contribution in [2.45, 2.75) is 26.2 Å². The minimum Gasteiger partial charge on any atom is -0.497 e. The van der Waals surface area contributed by atoms with Crippen molar-refractivity contribution >= 4 is 11.4 Å². The Morgan fingerprint density at radius 1 is 1.22 bits per heavy atom. The van der Waals surface area contributed by atoms with Crippen molar-refractivity contribution in [3.63, 3.8) is 0 Å². The van der Waals surface area contributed by atoms with E-state index >= 15 is 0 Å². The maximum atomic E-state index is 5.27. The number of fused-ring (bicyclic) bond motifs is 3. The molecule has 92 valence electrons.